The first kappa shape index (κ1) is 10.2. The predicted molar refractivity (Wildman–Crippen MR) is 67.8 cm³/mol. The topological polar surface area (TPSA) is 29.3 Å². The van der Waals surface area contributed by atoms with Crippen molar-refractivity contribution in [3.05, 3.63) is 29.3 Å². The number of hydrogen-bond donors (Lipinski definition) is 1. The lowest BCUT2D eigenvalue weighted by Crippen LogP contribution is -2.23. The molecule has 1 heterocycles. The highest BCUT2D eigenvalue weighted by molar-refractivity contribution is 5.58. The SMILES string of the molecule is NC1CCCc2c1cccc2N1CCCC1. The third kappa shape index (κ3) is 1.61. The predicted octanol–water partition coefficient (Wildman–Crippen LogP) is 2.62. The lowest BCUT2D eigenvalue weighted by Gasteiger charge is -2.28. The Morgan fingerprint density at radius 1 is 1.12 bits per heavy atom. The van der Waals surface area contributed by atoms with Gasteiger partial charge in [-0.25, -0.2) is 0 Å². The minimum Gasteiger partial charge on any atom is -0.371 e. The molecular weight excluding hydrogens is 196 g/mol. The van der Waals surface area contributed by atoms with E-state index < -0.39 is 0 Å². The fraction of sp³-hybridized carbons (Fsp3) is 0.571. The van der Waals surface area contributed by atoms with Gasteiger partial charge >= 0.3 is 0 Å². The van der Waals surface area contributed by atoms with Crippen LogP contribution in [0.5, 0.6) is 0 Å². The quantitative estimate of drug-likeness (QED) is 0.782. The van der Waals surface area contributed by atoms with Gasteiger partial charge in [-0.1, -0.05) is 12.1 Å². The van der Waals surface area contributed by atoms with E-state index in [-0.39, 0.29) is 6.04 Å². The van der Waals surface area contributed by atoms with Crippen molar-refractivity contribution in [2.24, 2.45) is 5.73 Å². The molecule has 2 aliphatic rings. The molecule has 0 radical (unpaired) electrons. The second kappa shape index (κ2) is 4.10. The summed E-state index contributed by atoms with van der Waals surface area (Å²) in [4.78, 5) is 2.54. The third-order valence-corrected chi connectivity index (χ3v) is 3.98. The summed E-state index contributed by atoms with van der Waals surface area (Å²) in [5, 5.41) is 0. The molecule has 1 aliphatic heterocycles. The van der Waals surface area contributed by atoms with E-state index in [0.717, 1.165) is 6.42 Å². The van der Waals surface area contributed by atoms with Gasteiger partial charge in [0.05, 0.1) is 0 Å². The van der Waals surface area contributed by atoms with E-state index in [4.69, 9.17) is 5.73 Å². The molecule has 2 N–H and O–H groups in total. The van der Waals surface area contributed by atoms with E-state index in [1.54, 1.807) is 0 Å². The van der Waals surface area contributed by atoms with Crippen molar-refractivity contribution >= 4 is 5.69 Å². The number of nitrogens with two attached hydrogens (primary N) is 1. The van der Waals surface area contributed by atoms with Gasteiger partial charge in [0.15, 0.2) is 0 Å². The molecule has 2 nitrogen and oxygen atoms in total. The van der Waals surface area contributed by atoms with Crippen molar-refractivity contribution in [1.29, 1.82) is 0 Å². The van der Waals surface area contributed by atoms with E-state index in [0.29, 0.717) is 0 Å². The average molecular weight is 216 g/mol. The zero-order chi connectivity index (χ0) is 11.0. The van der Waals surface area contributed by atoms with Crippen LogP contribution in [0.4, 0.5) is 5.69 Å². The van der Waals surface area contributed by atoms with E-state index in [1.807, 2.05) is 0 Å². The lowest BCUT2D eigenvalue weighted by atomic mass is 9.87. The van der Waals surface area contributed by atoms with Crippen LogP contribution in [-0.2, 0) is 6.42 Å². The molecule has 1 fully saturated rings. The number of anilines is 1. The van der Waals surface area contributed by atoms with Gasteiger partial charge in [-0.15, -0.1) is 0 Å². The third-order valence-electron chi connectivity index (χ3n) is 3.98. The molecule has 1 aromatic rings. The monoisotopic (exact) mass is 216 g/mol. The number of nitrogens with zero attached hydrogens (tertiary/aromatic N) is 1. The first-order valence-electron chi connectivity index (χ1n) is 6.48. The maximum atomic E-state index is 6.20. The van der Waals surface area contributed by atoms with Crippen LogP contribution in [0, 0.1) is 0 Å². The summed E-state index contributed by atoms with van der Waals surface area (Å²) in [7, 11) is 0. The fourth-order valence-electron chi connectivity index (χ4n) is 3.12. The summed E-state index contributed by atoms with van der Waals surface area (Å²) in [5.41, 5.74) is 10.6. The molecular formula is C14H20N2. The standard InChI is InChI=1S/C14H20N2/c15-13-7-3-6-12-11(13)5-4-8-14(12)16-9-1-2-10-16/h4-5,8,13H,1-3,6-7,9-10,15H2. The summed E-state index contributed by atoms with van der Waals surface area (Å²) in [5.74, 6) is 0. The second-order valence-corrected chi connectivity index (χ2v) is 5.04. The molecule has 0 aromatic heterocycles. The summed E-state index contributed by atoms with van der Waals surface area (Å²) < 4.78 is 0. The molecule has 1 atom stereocenters. The van der Waals surface area contributed by atoms with Crippen molar-refractivity contribution in [3.63, 3.8) is 0 Å². The number of benzene rings is 1. The smallest absolute Gasteiger partial charge is 0.0402 e. The summed E-state index contributed by atoms with van der Waals surface area (Å²) >= 11 is 0. The van der Waals surface area contributed by atoms with Crippen LogP contribution in [-0.4, -0.2) is 13.1 Å². The molecule has 1 aliphatic carbocycles. The van der Waals surface area contributed by atoms with Crippen LogP contribution in [0.2, 0.25) is 0 Å². The Balaban J connectivity index is 2.01. The summed E-state index contributed by atoms with van der Waals surface area (Å²) in [6.07, 6.45) is 6.30. The zero-order valence-electron chi connectivity index (χ0n) is 9.78. The van der Waals surface area contributed by atoms with E-state index in [9.17, 15) is 0 Å². The number of fused-ring (bicyclic) bond motifs is 1. The Morgan fingerprint density at radius 3 is 2.75 bits per heavy atom. The van der Waals surface area contributed by atoms with Crippen LogP contribution in [0.3, 0.4) is 0 Å². The van der Waals surface area contributed by atoms with Crippen LogP contribution >= 0.6 is 0 Å². The normalized spacial score (nSPS) is 24.6. The molecule has 1 saturated heterocycles. The van der Waals surface area contributed by atoms with E-state index >= 15 is 0 Å². The van der Waals surface area contributed by atoms with Crippen LogP contribution in [0.15, 0.2) is 18.2 Å². The van der Waals surface area contributed by atoms with Crippen molar-refractivity contribution in [1.82, 2.24) is 0 Å². The molecule has 0 saturated carbocycles. The highest BCUT2D eigenvalue weighted by Crippen LogP contribution is 2.35. The lowest BCUT2D eigenvalue weighted by molar-refractivity contribution is 0.570. The first-order chi connectivity index (χ1) is 7.86. The fourth-order valence-corrected chi connectivity index (χ4v) is 3.12. The summed E-state index contributed by atoms with van der Waals surface area (Å²) in [6.45, 7) is 2.46. The van der Waals surface area contributed by atoms with Crippen LogP contribution < -0.4 is 10.6 Å². The second-order valence-electron chi connectivity index (χ2n) is 5.04. The van der Waals surface area contributed by atoms with Gasteiger partial charge in [-0.05, 0) is 49.3 Å². The minimum absolute atomic E-state index is 0.270. The van der Waals surface area contributed by atoms with Crippen LogP contribution in [0.25, 0.3) is 0 Å². The van der Waals surface area contributed by atoms with Gasteiger partial charge in [0, 0.05) is 24.8 Å². The van der Waals surface area contributed by atoms with Gasteiger partial charge in [0.1, 0.15) is 0 Å². The molecule has 1 unspecified atom stereocenters. The largest absolute Gasteiger partial charge is 0.371 e. The van der Waals surface area contributed by atoms with Crippen molar-refractivity contribution in [3.8, 4) is 0 Å². The molecule has 3 rings (SSSR count). The maximum Gasteiger partial charge on any atom is 0.0402 e. The maximum absolute atomic E-state index is 6.20. The average Bonchev–Trinajstić information content (AvgIpc) is 2.82. The van der Waals surface area contributed by atoms with Gasteiger partial charge in [0.2, 0.25) is 0 Å². The van der Waals surface area contributed by atoms with E-state index in [1.165, 1.54) is 55.6 Å². The van der Waals surface area contributed by atoms with Gasteiger partial charge in [0.25, 0.3) is 0 Å². The Bertz CT molecular complexity index is 380. The minimum atomic E-state index is 0.270. The Hall–Kier alpha value is -1.02. The van der Waals surface area contributed by atoms with Gasteiger partial charge < -0.3 is 10.6 Å². The van der Waals surface area contributed by atoms with Crippen molar-refractivity contribution in [2.75, 3.05) is 18.0 Å². The number of hydrogen-bond acceptors (Lipinski definition) is 2. The molecule has 2 heteroatoms. The van der Waals surface area contributed by atoms with Gasteiger partial charge in [-0.3, -0.25) is 0 Å². The Morgan fingerprint density at radius 2 is 1.94 bits per heavy atom. The highest BCUT2D eigenvalue weighted by atomic mass is 15.1. The summed E-state index contributed by atoms with van der Waals surface area (Å²) in [6, 6.07) is 6.95. The molecule has 1 aromatic carbocycles. The molecule has 86 valence electrons. The molecule has 0 amide bonds. The van der Waals surface area contributed by atoms with Gasteiger partial charge in [-0.2, -0.15) is 0 Å². The van der Waals surface area contributed by atoms with E-state index in [2.05, 4.69) is 23.1 Å². The van der Waals surface area contributed by atoms with Crippen LogP contribution in [0.1, 0.15) is 42.9 Å². The van der Waals surface area contributed by atoms with Crippen molar-refractivity contribution in [2.45, 2.75) is 38.1 Å². The molecule has 0 bridgehead atoms. The molecule has 0 spiro atoms. The Kier molecular flexibility index (Phi) is 2.60. The number of rotatable bonds is 1. The molecule has 16 heavy (non-hydrogen) atoms. The highest BCUT2D eigenvalue weighted by Gasteiger charge is 2.22. The Labute approximate surface area is 97.4 Å². The first-order valence-corrected chi connectivity index (χ1v) is 6.48. The zero-order valence-corrected chi connectivity index (χ0v) is 9.78. The van der Waals surface area contributed by atoms with Crippen molar-refractivity contribution < 1.29 is 0 Å².